The molecule has 0 heterocycles. The molecular weight excluding hydrogens is 252 g/mol. The summed E-state index contributed by atoms with van der Waals surface area (Å²) in [6, 6.07) is 9.75. The summed E-state index contributed by atoms with van der Waals surface area (Å²) in [7, 11) is 0. The van der Waals surface area contributed by atoms with Crippen LogP contribution in [-0.2, 0) is 14.3 Å². The summed E-state index contributed by atoms with van der Waals surface area (Å²) < 4.78 is 10.7. The average Bonchev–Trinajstić information content (AvgIpc) is 2.47. The lowest BCUT2D eigenvalue weighted by Crippen LogP contribution is -2.14. The standard InChI is InChI=1S/C17H24O3/c1-3-5-12-20-17(18)16(14-19-11-4-2)13-15-9-7-6-8-10-15/h6-10,13H,3-5,11-12,14H2,1-2H3. The van der Waals surface area contributed by atoms with Crippen LogP contribution in [0.15, 0.2) is 35.9 Å². The van der Waals surface area contributed by atoms with Crippen molar-refractivity contribution in [3.8, 4) is 0 Å². The van der Waals surface area contributed by atoms with E-state index in [1.807, 2.05) is 43.3 Å². The third-order valence-electron chi connectivity index (χ3n) is 2.74. The normalized spacial score (nSPS) is 11.4. The quantitative estimate of drug-likeness (QED) is 0.390. The Morgan fingerprint density at radius 1 is 1.10 bits per heavy atom. The summed E-state index contributed by atoms with van der Waals surface area (Å²) >= 11 is 0. The van der Waals surface area contributed by atoms with Gasteiger partial charge in [-0.2, -0.15) is 0 Å². The Kier molecular flexibility index (Phi) is 8.40. The van der Waals surface area contributed by atoms with Crippen molar-refractivity contribution >= 4 is 12.0 Å². The zero-order valence-electron chi connectivity index (χ0n) is 12.4. The van der Waals surface area contributed by atoms with Gasteiger partial charge in [-0.3, -0.25) is 0 Å². The number of carbonyl (C=O) groups is 1. The first kappa shape index (κ1) is 16.4. The smallest absolute Gasteiger partial charge is 0.336 e. The molecule has 0 radical (unpaired) electrons. The second-order valence-electron chi connectivity index (χ2n) is 4.62. The summed E-state index contributed by atoms with van der Waals surface area (Å²) in [6.45, 7) is 5.52. The Balaban J connectivity index is 2.68. The summed E-state index contributed by atoms with van der Waals surface area (Å²) in [6.07, 6.45) is 4.67. The van der Waals surface area contributed by atoms with E-state index in [-0.39, 0.29) is 5.97 Å². The Morgan fingerprint density at radius 3 is 2.50 bits per heavy atom. The van der Waals surface area contributed by atoms with Crippen LogP contribution >= 0.6 is 0 Å². The first-order chi connectivity index (χ1) is 9.77. The van der Waals surface area contributed by atoms with Gasteiger partial charge < -0.3 is 9.47 Å². The Labute approximate surface area is 121 Å². The number of hydrogen-bond acceptors (Lipinski definition) is 3. The molecule has 0 saturated heterocycles. The first-order valence-electron chi connectivity index (χ1n) is 7.28. The molecule has 0 amide bonds. The molecular formula is C17H24O3. The number of unbranched alkanes of at least 4 members (excludes halogenated alkanes) is 1. The van der Waals surface area contributed by atoms with Crippen molar-refractivity contribution in [1.82, 2.24) is 0 Å². The predicted octanol–water partition coefficient (Wildman–Crippen LogP) is 3.84. The maximum Gasteiger partial charge on any atom is 0.336 e. The van der Waals surface area contributed by atoms with E-state index in [1.54, 1.807) is 0 Å². The van der Waals surface area contributed by atoms with Crippen LogP contribution in [0.2, 0.25) is 0 Å². The van der Waals surface area contributed by atoms with Gasteiger partial charge in [0.15, 0.2) is 0 Å². The molecule has 20 heavy (non-hydrogen) atoms. The second-order valence-corrected chi connectivity index (χ2v) is 4.62. The molecule has 0 atom stereocenters. The van der Waals surface area contributed by atoms with Crippen LogP contribution in [0, 0.1) is 0 Å². The summed E-state index contributed by atoms with van der Waals surface area (Å²) in [5.74, 6) is -0.279. The molecule has 1 aromatic carbocycles. The van der Waals surface area contributed by atoms with E-state index >= 15 is 0 Å². The van der Waals surface area contributed by atoms with E-state index in [0.717, 1.165) is 24.8 Å². The fraction of sp³-hybridized carbons (Fsp3) is 0.471. The van der Waals surface area contributed by atoms with Crippen molar-refractivity contribution in [3.05, 3.63) is 41.5 Å². The van der Waals surface area contributed by atoms with Crippen LogP contribution in [0.1, 0.15) is 38.7 Å². The molecule has 0 bridgehead atoms. The zero-order valence-corrected chi connectivity index (χ0v) is 12.4. The van der Waals surface area contributed by atoms with Crippen molar-refractivity contribution < 1.29 is 14.3 Å². The fourth-order valence-corrected chi connectivity index (χ4v) is 1.64. The number of esters is 1. The third kappa shape index (κ3) is 6.53. The van der Waals surface area contributed by atoms with Crippen molar-refractivity contribution in [1.29, 1.82) is 0 Å². The molecule has 0 aromatic heterocycles. The van der Waals surface area contributed by atoms with E-state index in [9.17, 15) is 4.79 Å². The number of carbonyl (C=O) groups excluding carboxylic acids is 1. The van der Waals surface area contributed by atoms with Crippen LogP contribution in [0.25, 0.3) is 6.08 Å². The third-order valence-corrected chi connectivity index (χ3v) is 2.74. The molecule has 1 rings (SSSR count). The van der Waals surface area contributed by atoms with Gasteiger partial charge in [0.1, 0.15) is 0 Å². The molecule has 0 N–H and O–H groups in total. The number of hydrogen-bond donors (Lipinski definition) is 0. The van der Waals surface area contributed by atoms with Gasteiger partial charge in [-0.1, -0.05) is 50.6 Å². The van der Waals surface area contributed by atoms with Gasteiger partial charge in [0.25, 0.3) is 0 Å². The molecule has 1 aromatic rings. The highest BCUT2D eigenvalue weighted by Crippen LogP contribution is 2.09. The van der Waals surface area contributed by atoms with Gasteiger partial charge >= 0.3 is 5.97 Å². The minimum Gasteiger partial charge on any atom is -0.462 e. The van der Waals surface area contributed by atoms with E-state index in [2.05, 4.69) is 6.92 Å². The highest BCUT2D eigenvalue weighted by molar-refractivity contribution is 5.94. The van der Waals surface area contributed by atoms with Crippen LogP contribution in [0.5, 0.6) is 0 Å². The Morgan fingerprint density at radius 2 is 1.85 bits per heavy atom. The van der Waals surface area contributed by atoms with Gasteiger partial charge in [0.2, 0.25) is 0 Å². The number of benzene rings is 1. The van der Waals surface area contributed by atoms with Crippen molar-refractivity contribution in [3.63, 3.8) is 0 Å². The highest BCUT2D eigenvalue weighted by Gasteiger charge is 2.11. The van der Waals surface area contributed by atoms with Crippen molar-refractivity contribution in [2.24, 2.45) is 0 Å². The molecule has 0 aliphatic heterocycles. The molecule has 0 unspecified atom stereocenters. The summed E-state index contributed by atoms with van der Waals surface area (Å²) in [5.41, 5.74) is 1.55. The number of rotatable bonds is 9. The van der Waals surface area contributed by atoms with Crippen molar-refractivity contribution in [2.75, 3.05) is 19.8 Å². The minimum atomic E-state index is -0.279. The van der Waals surface area contributed by atoms with Gasteiger partial charge in [-0.15, -0.1) is 0 Å². The van der Waals surface area contributed by atoms with Gasteiger partial charge in [0, 0.05) is 6.61 Å². The van der Waals surface area contributed by atoms with Gasteiger partial charge in [0.05, 0.1) is 18.8 Å². The molecule has 0 spiro atoms. The van der Waals surface area contributed by atoms with E-state index < -0.39 is 0 Å². The highest BCUT2D eigenvalue weighted by atomic mass is 16.5. The molecule has 0 aliphatic carbocycles. The topological polar surface area (TPSA) is 35.5 Å². The number of ether oxygens (including phenoxy) is 2. The van der Waals surface area contributed by atoms with Gasteiger partial charge in [-0.25, -0.2) is 4.79 Å². The van der Waals surface area contributed by atoms with Crippen molar-refractivity contribution in [2.45, 2.75) is 33.1 Å². The summed E-state index contributed by atoms with van der Waals surface area (Å²) in [4.78, 5) is 12.0. The van der Waals surface area contributed by atoms with E-state index in [1.165, 1.54) is 0 Å². The Hall–Kier alpha value is -1.61. The Bertz CT molecular complexity index is 410. The van der Waals surface area contributed by atoms with E-state index in [4.69, 9.17) is 9.47 Å². The van der Waals surface area contributed by atoms with Crippen LogP contribution < -0.4 is 0 Å². The first-order valence-corrected chi connectivity index (χ1v) is 7.28. The largest absolute Gasteiger partial charge is 0.462 e. The fourth-order valence-electron chi connectivity index (χ4n) is 1.64. The molecule has 0 fully saturated rings. The molecule has 110 valence electrons. The second kappa shape index (κ2) is 10.2. The predicted molar refractivity (Wildman–Crippen MR) is 81.4 cm³/mol. The molecule has 0 aliphatic rings. The lowest BCUT2D eigenvalue weighted by molar-refractivity contribution is -0.139. The van der Waals surface area contributed by atoms with E-state index in [0.29, 0.717) is 25.4 Å². The summed E-state index contributed by atoms with van der Waals surface area (Å²) in [5, 5.41) is 0. The lowest BCUT2D eigenvalue weighted by Gasteiger charge is -2.09. The van der Waals surface area contributed by atoms with Crippen LogP contribution in [-0.4, -0.2) is 25.8 Å². The van der Waals surface area contributed by atoms with Crippen LogP contribution in [0.4, 0.5) is 0 Å². The monoisotopic (exact) mass is 276 g/mol. The van der Waals surface area contributed by atoms with Crippen LogP contribution in [0.3, 0.4) is 0 Å². The molecule has 0 saturated carbocycles. The lowest BCUT2D eigenvalue weighted by atomic mass is 10.1. The zero-order chi connectivity index (χ0) is 14.6. The minimum absolute atomic E-state index is 0.279. The maximum atomic E-state index is 12.0. The molecule has 3 nitrogen and oxygen atoms in total. The average molecular weight is 276 g/mol. The maximum absolute atomic E-state index is 12.0. The SMILES string of the molecule is CCCCOC(=O)C(=Cc1ccccc1)COCCC. The molecule has 3 heteroatoms. The van der Waals surface area contributed by atoms with Gasteiger partial charge in [-0.05, 0) is 24.5 Å².